The van der Waals surface area contributed by atoms with Crippen LogP contribution in [0.15, 0.2) is 22.7 Å². The molecule has 0 spiro atoms. The van der Waals surface area contributed by atoms with Gasteiger partial charge < -0.3 is 15.5 Å². The van der Waals surface area contributed by atoms with Crippen molar-refractivity contribution in [3.8, 4) is 12.3 Å². The van der Waals surface area contributed by atoms with Crippen LogP contribution in [-0.4, -0.2) is 22.4 Å². The van der Waals surface area contributed by atoms with E-state index in [-0.39, 0.29) is 11.5 Å². The van der Waals surface area contributed by atoms with Crippen LogP contribution in [0.5, 0.6) is 0 Å². The molecule has 1 aliphatic rings. The first-order valence-corrected chi connectivity index (χ1v) is 6.82. The third-order valence-corrected chi connectivity index (χ3v) is 3.99. The van der Waals surface area contributed by atoms with E-state index in [1.54, 1.807) is 0 Å². The Hall–Kier alpha value is -1.58. The molecule has 1 aromatic carbocycles. The van der Waals surface area contributed by atoms with Gasteiger partial charge in [-0.1, -0.05) is 21.9 Å². The van der Waals surface area contributed by atoms with Gasteiger partial charge >= 0.3 is 6.09 Å². The van der Waals surface area contributed by atoms with E-state index in [0.717, 1.165) is 0 Å². The van der Waals surface area contributed by atoms with Crippen LogP contribution < -0.4 is 5.32 Å². The molecule has 0 saturated heterocycles. The second-order valence-electron chi connectivity index (χ2n) is 4.77. The molecule has 3 N–H and O–H groups in total. The molecule has 20 heavy (non-hydrogen) atoms. The van der Waals surface area contributed by atoms with Crippen molar-refractivity contribution in [3.63, 3.8) is 0 Å². The topological polar surface area (TPSA) is 69.6 Å². The molecule has 1 amide bonds. The zero-order chi connectivity index (χ0) is 14.9. The van der Waals surface area contributed by atoms with Crippen molar-refractivity contribution in [2.24, 2.45) is 5.92 Å². The Morgan fingerprint density at radius 2 is 2.25 bits per heavy atom. The number of benzene rings is 1. The standard InChI is InChI=1S/C14H13BrFNO3/c1-2-12(18)14(8-3-4-8,17-13(19)20)10-7-9(15)5-6-11(10)16/h1,5-8,12,17-18H,3-4H2,(H,19,20)/t12?,14-/m1/s1. The molecule has 6 heteroatoms. The van der Waals surface area contributed by atoms with E-state index in [0.29, 0.717) is 17.3 Å². The predicted octanol–water partition coefficient (Wildman–Crippen LogP) is 2.46. The van der Waals surface area contributed by atoms with Crippen LogP contribution in [-0.2, 0) is 5.54 Å². The summed E-state index contributed by atoms with van der Waals surface area (Å²) in [6.45, 7) is 0. The highest BCUT2D eigenvalue weighted by Crippen LogP contribution is 2.48. The van der Waals surface area contributed by atoms with Crippen LogP contribution in [0.1, 0.15) is 18.4 Å². The SMILES string of the molecule is C#CC(O)[C@](NC(=O)O)(c1cc(Br)ccc1F)C1CC1. The van der Waals surface area contributed by atoms with Crippen molar-refractivity contribution in [1.29, 1.82) is 0 Å². The number of carbonyl (C=O) groups is 1. The first-order chi connectivity index (χ1) is 9.41. The van der Waals surface area contributed by atoms with Gasteiger partial charge in [-0.05, 0) is 37.0 Å². The second-order valence-corrected chi connectivity index (χ2v) is 5.68. The summed E-state index contributed by atoms with van der Waals surface area (Å²) in [7, 11) is 0. The van der Waals surface area contributed by atoms with E-state index in [9.17, 15) is 14.3 Å². The molecule has 1 fully saturated rings. The van der Waals surface area contributed by atoms with Crippen molar-refractivity contribution < 1.29 is 19.4 Å². The molecule has 0 aromatic heterocycles. The monoisotopic (exact) mass is 341 g/mol. The molecule has 1 aromatic rings. The highest BCUT2D eigenvalue weighted by molar-refractivity contribution is 9.10. The zero-order valence-electron chi connectivity index (χ0n) is 10.4. The Kier molecular flexibility index (Phi) is 4.02. The maximum atomic E-state index is 14.2. The molecule has 2 atom stereocenters. The number of halogens is 2. The highest BCUT2D eigenvalue weighted by Gasteiger charge is 2.53. The highest BCUT2D eigenvalue weighted by atomic mass is 79.9. The molecular formula is C14H13BrFNO3. The molecule has 2 rings (SSSR count). The first-order valence-electron chi connectivity index (χ1n) is 6.02. The van der Waals surface area contributed by atoms with Gasteiger partial charge in [-0.3, -0.25) is 0 Å². The van der Waals surface area contributed by atoms with Gasteiger partial charge in [0, 0.05) is 10.0 Å². The van der Waals surface area contributed by atoms with Crippen LogP contribution in [0, 0.1) is 24.1 Å². The minimum atomic E-state index is -1.52. The van der Waals surface area contributed by atoms with Crippen molar-refractivity contribution in [1.82, 2.24) is 5.32 Å². The molecule has 0 aliphatic heterocycles. The maximum absolute atomic E-state index is 14.2. The van der Waals surface area contributed by atoms with Gasteiger partial charge in [0.1, 0.15) is 17.5 Å². The Balaban J connectivity index is 2.63. The van der Waals surface area contributed by atoms with Crippen molar-refractivity contribution >= 4 is 22.0 Å². The number of terminal acetylenes is 1. The summed E-state index contributed by atoms with van der Waals surface area (Å²) < 4.78 is 14.7. The van der Waals surface area contributed by atoms with Crippen LogP contribution in [0.2, 0.25) is 0 Å². The summed E-state index contributed by atoms with van der Waals surface area (Å²) in [6.07, 6.45) is 3.80. The van der Waals surface area contributed by atoms with Gasteiger partial charge in [-0.15, -0.1) is 6.42 Å². The predicted molar refractivity (Wildman–Crippen MR) is 74.5 cm³/mol. The number of aliphatic hydroxyl groups excluding tert-OH is 1. The van der Waals surface area contributed by atoms with E-state index in [1.807, 2.05) is 0 Å². The van der Waals surface area contributed by atoms with Gasteiger partial charge in [0.05, 0.1) is 0 Å². The lowest BCUT2D eigenvalue weighted by Crippen LogP contribution is -2.55. The number of nitrogens with one attached hydrogen (secondary N) is 1. The lowest BCUT2D eigenvalue weighted by Gasteiger charge is -2.36. The molecule has 106 valence electrons. The minimum Gasteiger partial charge on any atom is -0.465 e. The number of amides is 1. The van der Waals surface area contributed by atoms with Crippen molar-refractivity contribution in [3.05, 3.63) is 34.1 Å². The van der Waals surface area contributed by atoms with E-state index >= 15 is 0 Å². The fourth-order valence-corrected chi connectivity index (χ4v) is 2.85. The molecule has 0 bridgehead atoms. The second kappa shape index (κ2) is 5.43. The Labute approximate surface area is 124 Å². The van der Waals surface area contributed by atoms with E-state index in [2.05, 4.69) is 27.2 Å². The zero-order valence-corrected chi connectivity index (χ0v) is 12.0. The normalized spacial score (nSPS) is 18.7. The number of hydrogen-bond donors (Lipinski definition) is 3. The molecule has 1 saturated carbocycles. The van der Waals surface area contributed by atoms with Crippen molar-refractivity contribution in [2.75, 3.05) is 0 Å². The Bertz CT molecular complexity index is 582. The Morgan fingerprint density at radius 3 is 2.75 bits per heavy atom. The molecule has 1 aliphatic carbocycles. The summed E-state index contributed by atoms with van der Waals surface area (Å²) in [6, 6.07) is 4.16. The largest absolute Gasteiger partial charge is 0.465 e. The van der Waals surface area contributed by atoms with Gasteiger partial charge in [0.2, 0.25) is 0 Å². The van der Waals surface area contributed by atoms with Crippen LogP contribution in [0.3, 0.4) is 0 Å². The summed E-state index contributed by atoms with van der Waals surface area (Å²) in [5.74, 6) is 1.29. The van der Waals surface area contributed by atoms with E-state index in [1.165, 1.54) is 18.2 Å². The molecular weight excluding hydrogens is 329 g/mol. The molecule has 0 radical (unpaired) electrons. The number of carboxylic acid groups (broad SMARTS) is 1. The van der Waals surface area contributed by atoms with Gasteiger partial charge in [0.15, 0.2) is 0 Å². The summed E-state index contributed by atoms with van der Waals surface area (Å²) >= 11 is 3.22. The number of hydrogen-bond acceptors (Lipinski definition) is 2. The van der Waals surface area contributed by atoms with Crippen molar-refractivity contribution in [2.45, 2.75) is 24.5 Å². The Morgan fingerprint density at radius 1 is 1.60 bits per heavy atom. The summed E-state index contributed by atoms with van der Waals surface area (Å²) in [4.78, 5) is 11.1. The first kappa shape index (κ1) is 14.8. The number of rotatable bonds is 4. The van der Waals surface area contributed by atoms with Crippen LogP contribution >= 0.6 is 15.9 Å². The van der Waals surface area contributed by atoms with Gasteiger partial charge in [-0.2, -0.15) is 0 Å². The third kappa shape index (κ3) is 2.51. The fourth-order valence-electron chi connectivity index (χ4n) is 2.49. The van der Waals surface area contributed by atoms with Crippen LogP contribution in [0.4, 0.5) is 9.18 Å². The average Bonchev–Trinajstić information content (AvgIpc) is 3.22. The number of aliphatic hydroxyl groups is 1. The lowest BCUT2D eigenvalue weighted by atomic mass is 9.79. The van der Waals surface area contributed by atoms with Gasteiger partial charge in [-0.25, -0.2) is 9.18 Å². The van der Waals surface area contributed by atoms with Crippen LogP contribution in [0.25, 0.3) is 0 Å². The minimum absolute atomic E-state index is 0.0576. The molecule has 0 heterocycles. The van der Waals surface area contributed by atoms with E-state index in [4.69, 9.17) is 11.5 Å². The maximum Gasteiger partial charge on any atom is 0.405 e. The quantitative estimate of drug-likeness (QED) is 0.737. The summed E-state index contributed by atoms with van der Waals surface area (Å²) in [5, 5.41) is 21.5. The van der Waals surface area contributed by atoms with E-state index < -0.39 is 23.6 Å². The third-order valence-electron chi connectivity index (χ3n) is 3.50. The van der Waals surface area contributed by atoms with Gasteiger partial charge in [0.25, 0.3) is 0 Å². The smallest absolute Gasteiger partial charge is 0.405 e. The average molecular weight is 342 g/mol. The summed E-state index contributed by atoms with van der Waals surface area (Å²) in [5.41, 5.74) is -1.46. The lowest BCUT2D eigenvalue weighted by molar-refractivity contribution is 0.0785. The molecule has 1 unspecified atom stereocenters. The molecule has 4 nitrogen and oxygen atoms in total. The fraction of sp³-hybridized carbons (Fsp3) is 0.357.